The van der Waals surface area contributed by atoms with Gasteiger partial charge in [0, 0.05) is 12.1 Å². The Morgan fingerprint density at radius 3 is 2.42 bits per heavy atom. The molecule has 2 aromatic carbocycles. The zero-order valence-corrected chi connectivity index (χ0v) is 19.5. The lowest BCUT2D eigenvalue weighted by Gasteiger charge is -2.28. The number of methoxy groups -OCH3 is 1. The van der Waals surface area contributed by atoms with E-state index >= 15 is 0 Å². The molecule has 1 atom stereocenters. The van der Waals surface area contributed by atoms with E-state index in [1.807, 2.05) is 48.5 Å². The number of carbonyl (C=O) groups is 2. The predicted molar refractivity (Wildman–Crippen MR) is 130 cm³/mol. The second-order valence-corrected chi connectivity index (χ2v) is 7.89. The molecule has 1 amide bonds. The summed E-state index contributed by atoms with van der Waals surface area (Å²) in [7, 11) is 1.56. The number of hydrogen-bond donors (Lipinski definition) is 1. The second kappa shape index (κ2) is 11.5. The van der Waals surface area contributed by atoms with Crippen LogP contribution in [0.3, 0.4) is 0 Å². The van der Waals surface area contributed by atoms with Crippen molar-refractivity contribution in [3.8, 4) is 5.75 Å². The zero-order valence-electron chi connectivity index (χ0n) is 19.5. The van der Waals surface area contributed by atoms with Crippen molar-refractivity contribution in [3.63, 3.8) is 0 Å². The average Bonchev–Trinajstić information content (AvgIpc) is 3.10. The quantitative estimate of drug-likeness (QED) is 0.516. The first-order chi connectivity index (χ1) is 16.0. The van der Waals surface area contributed by atoms with Crippen LogP contribution in [0.25, 0.3) is 6.08 Å². The first kappa shape index (κ1) is 24.3. The lowest BCUT2D eigenvalue weighted by molar-refractivity contribution is -0.129. The smallest absolute Gasteiger partial charge is 0.290 e. The molecular weight excluding hydrogens is 416 g/mol. The summed E-state index contributed by atoms with van der Waals surface area (Å²) in [5.74, 6) is -0.846. The molecule has 1 aliphatic heterocycles. The molecule has 2 aromatic rings. The van der Waals surface area contributed by atoms with E-state index in [0.29, 0.717) is 17.9 Å². The van der Waals surface area contributed by atoms with Crippen molar-refractivity contribution < 1.29 is 19.4 Å². The van der Waals surface area contributed by atoms with Crippen molar-refractivity contribution in [1.29, 1.82) is 0 Å². The molecular formula is C27H32N2O4. The van der Waals surface area contributed by atoms with Gasteiger partial charge in [-0.25, -0.2) is 0 Å². The minimum atomic E-state index is -0.710. The molecule has 0 spiro atoms. The Morgan fingerprint density at radius 1 is 1.09 bits per heavy atom. The van der Waals surface area contributed by atoms with Gasteiger partial charge in [-0.05, 0) is 43.8 Å². The summed E-state index contributed by atoms with van der Waals surface area (Å²) in [5, 5.41) is 10.8. The maximum atomic E-state index is 13.2. The third-order valence-corrected chi connectivity index (χ3v) is 6.00. The number of ether oxygens (including phenoxy) is 1. The molecule has 1 aliphatic rings. The van der Waals surface area contributed by atoms with Gasteiger partial charge < -0.3 is 19.6 Å². The molecule has 0 bridgehead atoms. The van der Waals surface area contributed by atoms with Crippen LogP contribution in [-0.2, 0) is 9.59 Å². The van der Waals surface area contributed by atoms with Crippen molar-refractivity contribution >= 4 is 17.8 Å². The van der Waals surface area contributed by atoms with Crippen LogP contribution < -0.4 is 4.74 Å². The highest BCUT2D eigenvalue weighted by Crippen LogP contribution is 2.41. The topological polar surface area (TPSA) is 70.1 Å². The summed E-state index contributed by atoms with van der Waals surface area (Å²) in [4.78, 5) is 30.2. The number of ketones is 1. The Balaban J connectivity index is 1.94. The average molecular weight is 449 g/mol. The summed E-state index contributed by atoms with van der Waals surface area (Å²) in [6.45, 7) is 7.31. The van der Waals surface area contributed by atoms with Gasteiger partial charge in [0.05, 0.1) is 18.7 Å². The molecule has 1 unspecified atom stereocenters. The van der Waals surface area contributed by atoms with Crippen LogP contribution in [0, 0.1) is 0 Å². The standard InChI is InChI=1S/C27H32N2O4/c1-4-28(5-2)18-11-19-29-25(21-14-9-10-15-23(21)33-3)24(26(31)27(29)32)22(30)17-16-20-12-7-6-8-13-20/h6-10,12-17,25,31H,4-5,11,18-19H2,1-3H3/b17-16+. The summed E-state index contributed by atoms with van der Waals surface area (Å²) >= 11 is 0. The molecule has 0 aromatic heterocycles. The number of para-hydroxylation sites is 1. The molecule has 174 valence electrons. The van der Waals surface area contributed by atoms with Gasteiger partial charge in [-0.3, -0.25) is 9.59 Å². The molecule has 6 heteroatoms. The van der Waals surface area contributed by atoms with E-state index in [2.05, 4.69) is 18.7 Å². The number of allylic oxidation sites excluding steroid dienone is 1. The van der Waals surface area contributed by atoms with Crippen LogP contribution in [0.2, 0.25) is 0 Å². The van der Waals surface area contributed by atoms with E-state index in [9.17, 15) is 14.7 Å². The molecule has 1 heterocycles. The van der Waals surface area contributed by atoms with Crippen LogP contribution in [0.15, 0.2) is 72.0 Å². The highest BCUT2D eigenvalue weighted by molar-refractivity contribution is 6.14. The Bertz CT molecular complexity index is 1030. The number of rotatable bonds is 11. The summed E-state index contributed by atoms with van der Waals surface area (Å²) in [5.41, 5.74) is 1.62. The Hall–Kier alpha value is -3.38. The van der Waals surface area contributed by atoms with Crippen molar-refractivity contribution in [2.45, 2.75) is 26.3 Å². The fourth-order valence-electron chi connectivity index (χ4n) is 4.18. The van der Waals surface area contributed by atoms with Crippen LogP contribution in [0.4, 0.5) is 0 Å². The van der Waals surface area contributed by atoms with Gasteiger partial charge in [0.25, 0.3) is 5.91 Å². The van der Waals surface area contributed by atoms with Crippen LogP contribution in [0.5, 0.6) is 5.75 Å². The van der Waals surface area contributed by atoms with Gasteiger partial charge >= 0.3 is 0 Å². The number of benzene rings is 2. The highest BCUT2D eigenvalue weighted by Gasteiger charge is 2.43. The van der Waals surface area contributed by atoms with Crippen molar-refractivity contribution in [3.05, 3.63) is 83.1 Å². The fraction of sp³-hybridized carbons (Fsp3) is 0.333. The Kier molecular flexibility index (Phi) is 8.44. The zero-order chi connectivity index (χ0) is 23.8. The Labute approximate surface area is 195 Å². The largest absolute Gasteiger partial charge is 0.503 e. The van der Waals surface area contributed by atoms with E-state index in [-0.39, 0.29) is 5.57 Å². The van der Waals surface area contributed by atoms with Gasteiger partial charge in [-0.1, -0.05) is 68.5 Å². The molecule has 0 saturated carbocycles. The van der Waals surface area contributed by atoms with Crippen LogP contribution >= 0.6 is 0 Å². The third kappa shape index (κ3) is 5.52. The highest BCUT2D eigenvalue weighted by atomic mass is 16.5. The molecule has 6 nitrogen and oxygen atoms in total. The van der Waals surface area contributed by atoms with E-state index in [1.54, 1.807) is 24.2 Å². The molecule has 33 heavy (non-hydrogen) atoms. The maximum absolute atomic E-state index is 13.2. The molecule has 0 aliphatic carbocycles. The van der Waals surface area contributed by atoms with Crippen LogP contribution in [-0.4, -0.2) is 59.9 Å². The van der Waals surface area contributed by atoms with E-state index in [0.717, 1.165) is 31.6 Å². The van der Waals surface area contributed by atoms with E-state index in [4.69, 9.17) is 4.74 Å². The van der Waals surface area contributed by atoms with Gasteiger partial charge in [0.1, 0.15) is 5.75 Å². The van der Waals surface area contributed by atoms with Crippen molar-refractivity contribution in [2.75, 3.05) is 33.3 Å². The first-order valence-corrected chi connectivity index (χ1v) is 11.4. The Morgan fingerprint density at radius 2 is 1.76 bits per heavy atom. The lowest BCUT2D eigenvalue weighted by atomic mass is 9.94. The third-order valence-electron chi connectivity index (χ3n) is 6.00. The monoisotopic (exact) mass is 448 g/mol. The van der Waals surface area contributed by atoms with Gasteiger partial charge in [-0.15, -0.1) is 0 Å². The number of amides is 1. The SMILES string of the molecule is CCN(CC)CCCN1C(=O)C(O)=C(C(=O)/C=C/c2ccccc2)C1c1ccccc1OC. The fourth-order valence-corrected chi connectivity index (χ4v) is 4.18. The number of hydrogen-bond acceptors (Lipinski definition) is 5. The minimum Gasteiger partial charge on any atom is -0.503 e. The van der Waals surface area contributed by atoms with Crippen molar-refractivity contribution in [2.24, 2.45) is 0 Å². The summed E-state index contributed by atoms with van der Waals surface area (Å²) < 4.78 is 5.53. The molecule has 1 N–H and O–H groups in total. The summed E-state index contributed by atoms with van der Waals surface area (Å²) in [6.07, 6.45) is 3.83. The molecule has 0 fully saturated rings. The molecule has 0 radical (unpaired) electrons. The van der Waals surface area contributed by atoms with Gasteiger partial charge in [0.2, 0.25) is 0 Å². The summed E-state index contributed by atoms with van der Waals surface area (Å²) in [6, 6.07) is 16.0. The first-order valence-electron chi connectivity index (χ1n) is 11.4. The molecule has 3 rings (SSSR count). The molecule has 0 saturated heterocycles. The number of aliphatic hydroxyl groups excluding tert-OH is 1. The van der Waals surface area contributed by atoms with Crippen LogP contribution in [0.1, 0.15) is 37.4 Å². The van der Waals surface area contributed by atoms with E-state index in [1.165, 1.54) is 6.08 Å². The lowest BCUT2D eigenvalue weighted by Crippen LogP contribution is -2.34. The maximum Gasteiger partial charge on any atom is 0.290 e. The minimum absolute atomic E-state index is 0.0829. The van der Waals surface area contributed by atoms with Gasteiger partial charge in [0.15, 0.2) is 11.5 Å². The van der Waals surface area contributed by atoms with E-state index < -0.39 is 23.5 Å². The second-order valence-electron chi connectivity index (χ2n) is 7.89. The normalized spacial score (nSPS) is 16.3. The number of carbonyl (C=O) groups excluding carboxylic acids is 2. The van der Waals surface area contributed by atoms with Gasteiger partial charge in [-0.2, -0.15) is 0 Å². The predicted octanol–water partition coefficient (Wildman–Crippen LogP) is 4.41. The number of aliphatic hydroxyl groups is 1. The number of nitrogens with zero attached hydrogens (tertiary/aromatic N) is 2. The van der Waals surface area contributed by atoms with Crippen molar-refractivity contribution in [1.82, 2.24) is 9.80 Å².